The Hall–Kier alpha value is -1.36. The summed E-state index contributed by atoms with van der Waals surface area (Å²) in [6.45, 7) is 4.79. The highest BCUT2D eigenvalue weighted by Gasteiger charge is 2.57. The molecule has 0 aromatic heterocycles. The van der Waals surface area contributed by atoms with E-state index in [2.05, 4.69) is 30.5 Å². The summed E-state index contributed by atoms with van der Waals surface area (Å²) >= 11 is 0. The highest BCUT2D eigenvalue weighted by atomic mass is 16.3. The smallest absolute Gasteiger partial charge is 0.332 e. The van der Waals surface area contributed by atoms with Gasteiger partial charge in [-0.3, -0.25) is 0 Å². The second-order valence-corrected chi connectivity index (χ2v) is 9.19. The summed E-state index contributed by atoms with van der Waals surface area (Å²) in [7, 11) is 0. The van der Waals surface area contributed by atoms with E-state index in [0.717, 1.165) is 50.2 Å². The van der Waals surface area contributed by atoms with Crippen molar-refractivity contribution in [3.63, 3.8) is 0 Å². The largest absolute Gasteiger partial charge is 0.393 e. The second-order valence-electron chi connectivity index (χ2n) is 9.19. The van der Waals surface area contributed by atoms with Crippen LogP contribution in [0.25, 0.3) is 0 Å². The molecule has 2 amide bonds. The number of hydrogen-bond acceptors (Lipinski definition) is 3. The maximum absolute atomic E-state index is 11.1. The fraction of sp³-hybridized carbons (Fsp3) is 0.800. The van der Waals surface area contributed by atoms with Gasteiger partial charge in [0.1, 0.15) is 0 Å². The Balaban J connectivity index is 1.62. The van der Waals surface area contributed by atoms with Crippen LogP contribution < -0.4 is 11.2 Å². The van der Waals surface area contributed by atoms with Crippen LogP contribution in [0.4, 0.5) is 4.79 Å². The molecule has 3 saturated carbocycles. The number of nitrogens with zero attached hydrogens (tertiary/aromatic N) is 1. The molecule has 4 rings (SSSR count). The molecule has 5 heteroatoms. The first-order valence-electron chi connectivity index (χ1n) is 9.84. The number of primary amides is 1. The molecule has 0 radical (unpaired) electrons. The van der Waals surface area contributed by atoms with Crippen molar-refractivity contribution in [1.82, 2.24) is 5.43 Å². The maximum atomic E-state index is 11.1. The van der Waals surface area contributed by atoms with E-state index in [1.807, 2.05) is 0 Å². The number of rotatable bonds is 1. The van der Waals surface area contributed by atoms with Crippen molar-refractivity contribution in [3.8, 4) is 0 Å². The molecule has 0 heterocycles. The summed E-state index contributed by atoms with van der Waals surface area (Å²) in [5.74, 6) is 2.06. The molecule has 0 aromatic rings. The molecule has 25 heavy (non-hydrogen) atoms. The van der Waals surface area contributed by atoms with Gasteiger partial charge in [-0.25, -0.2) is 10.2 Å². The van der Waals surface area contributed by atoms with E-state index in [1.165, 1.54) is 18.4 Å². The number of nitrogens with one attached hydrogen (secondary N) is 1. The summed E-state index contributed by atoms with van der Waals surface area (Å²) in [4.78, 5) is 11.1. The topological polar surface area (TPSA) is 87.7 Å². The van der Waals surface area contributed by atoms with E-state index in [0.29, 0.717) is 11.8 Å². The van der Waals surface area contributed by atoms with E-state index in [-0.39, 0.29) is 16.9 Å². The lowest BCUT2D eigenvalue weighted by Crippen LogP contribution is -2.50. The van der Waals surface area contributed by atoms with E-state index in [4.69, 9.17) is 5.73 Å². The highest BCUT2D eigenvalue weighted by Crippen LogP contribution is 2.64. The molecule has 0 spiro atoms. The quantitative estimate of drug-likeness (QED) is 0.503. The Bertz CT molecular complexity index is 643. The molecular weight excluding hydrogens is 314 g/mol. The van der Waals surface area contributed by atoms with Crippen LogP contribution in [-0.2, 0) is 0 Å². The van der Waals surface area contributed by atoms with Crippen molar-refractivity contribution in [2.75, 3.05) is 0 Å². The molecule has 0 bridgehead atoms. The fourth-order valence-corrected chi connectivity index (χ4v) is 6.74. The SMILES string of the molecule is C[C@]12CC[C@H](O)CC1=CC[C@@H]1[C@@H]2CC[C@]2(C)/C(=N/NC(N)=O)CC[C@@H]12. The number of aliphatic hydroxyl groups is 1. The number of aliphatic hydroxyl groups excluding tert-OH is 1. The van der Waals surface area contributed by atoms with Crippen LogP contribution in [0.2, 0.25) is 0 Å². The van der Waals surface area contributed by atoms with Crippen molar-refractivity contribution >= 4 is 11.7 Å². The van der Waals surface area contributed by atoms with Gasteiger partial charge in [-0.2, -0.15) is 5.10 Å². The van der Waals surface area contributed by atoms with E-state index in [1.54, 1.807) is 0 Å². The fourth-order valence-electron chi connectivity index (χ4n) is 6.74. The second kappa shape index (κ2) is 5.83. The van der Waals surface area contributed by atoms with Gasteiger partial charge in [-0.15, -0.1) is 0 Å². The summed E-state index contributed by atoms with van der Waals surface area (Å²) in [5.41, 5.74) is 10.7. The van der Waals surface area contributed by atoms with Crippen LogP contribution in [0.3, 0.4) is 0 Å². The van der Waals surface area contributed by atoms with Crippen molar-refractivity contribution < 1.29 is 9.90 Å². The molecule has 0 saturated heterocycles. The molecule has 0 aliphatic heterocycles. The first-order chi connectivity index (χ1) is 11.8. The Labute approximate surface area is 150 Å². The zero-order valence-electron chi connectivity index (χ0n) is 15.4. The van der Waals surface area contributed by atoms with Crippen LogP contribution >= 0.6 is 0 Å². The molecule has 4 aliphatic rings. The van der Waals surface area contributed by atoms with Crippen molar-refractivity contribution in [2.24, 2.45) is 39.4 Å². The van der Waals surface area contributed by atoms with E-state index in [9.17, 15) is 9.90 Å². The van der Waals surface area contributed by atoms with Gasteiger partial charge in [0, 0.05) is 11.1 Å². The minimum Gasteiger partial charge on any atom is -0.393 e. The number of nitrogens with two attached hydrogens (primary N) is 1. The number of hydrazone groups is 1. The number of urea groups is 1. The maximum Gasteiger partial charge on any atom is 0.332 e. The average molecular weight is 345 g/mol. The lowest BCUT2D eigenvalue weighted by molar-refractivity contribution is -0.0209. The zero-order valence-corrected chi connectivity index (χ0v) is 15.4. The van der Waals surface area contributed by atoms with Crippen LogP contribution in [0.1, 0.15) is 65.2 Å². The third-order valence-corrected chi connectivity index (χ3v) is 8.12. The third kappa shape index (κ3) is 2.54. The van der Waals surface area contributed by atoms with Crippen LogP contribution in [-0.4, -0.2) is 23.0 Å². The summed E-state index contributed by atoms with van der Waals surface area (Å²) in [6.07, 6.45) is 10.9. The van der Waals surface area contributed by atoms with Gasteiger partial charge in [0.25, 0.3) is 0 Å². The first-order valence-corrected chi connectivity index (χ1v) is 9.84. The molecule has 0 unspecified atom stereocenters. The first kappa shape index (κ1) is 17.1. The molecule has 4 aliphatic carbocycles. The third-order valence-electron chi connectivity index (χ3n) is 8.12. The number of carbonyl (C=O) groups is 1. The number of hydrogen-bond donors (Lipinski definition) is 3. The number of fused-ring (bicyclic) bond motifs is 5. The standard InChI is InChI=1S/C20H31N3O2/c1-19-9-7-13(24)11-12(19)3-4-14-15-5-6-17(22-23-18(21)25)20(15,2)10-8-16(14)19/h3,13-16,24H,4-11H2,1-2H3,(H3,21,23,25)/b22-17+/t13-,14-,15-,16-,19-,20-/m0/s1. The summed E-state index contributed by atoms with van der Waals surface area (Å²) in [5, 5.41) is 14.5. The lowest BCUT2D eigenvalue weighted by atomic mass is 9.48. The predicted octanol–water partition coefficient (Wildman–Crippen LogP) is 3.33. The number of allylic oxidation sites excluding steroid dienone is 1. The van der Waals surface area contributed by atoms with Gasteiger partial charge in [0.2, 0.25) is 0 Å². The normalized spacial score (nSPS) is 47.5. The monoisotopic (exact) mass is 345 g/mol. The van der Waals surface area contributed by atoms with Crippen LogP contribution in [0.15, 0.2) is 16.8 Å². The molecule has 6 atom stereocenters. The number of carbonyl (C=O) groups excluding carboxylic acids is 1. The van der Waals surface area contributed by atoms with Crippen LogP contribution in [0, 0.1) is 28.6 Å². The van der Waals surface area contributed by atoms with Gasteiger partial charge < -0.3 is 10.8 Å². The summed E-state index contributed by atoms with van der Waals surface area (Å²) < 4.78 is 0. The van der Waals surface area contributed by atoms with Gasteiger partial charge in [0.15, 0.2) is 0 Å². The molecule has 0 aromatic carbocycles. The van der Waals surface area contributed by atoms with Gasteiger partial charge in [0.05, 0.1) is 6.10 Å². The molecular formula is C20H31N3O2. The lowest BCUT2D eigenvalue weighted by Gasteiger charge is -2.57. The van der Waals surface area contributed by atoms with Crippen molar-refractivity contribution in [3.05, 3.63) is 11.6 Å². The Morgan fingerprint density at radius 1 is 1.24 bits per heavy atom. The Kier molecular flexibility index (Phi) is 3.98. The van der Waals surface area contributed by atoms with Crippen molar-refractivity contribution in [2.45, 2.75) is 71.3 Å². The van der Waals surface area contributed by atoms with E-state index >= 15 is 0 Å². The molecule has 138 valence electrons. The summed E-state index contributed by atoms with van der Waals surface area (Å²) in [6, 6.07) is -0.577. The minimum atomic E-state index is -0.577. The number of amides is 2. The average Bonchev–Trinajstić information content (AvgIpc) is 2.90. The van der Waals surface area contributed by atoms with Gasteiger partial charge in [-0.05, 0) is 74.5 Å². The van der Waals surface area contributed by atoms with Crippen LogP contribution in [0.5, 0.6) is 0 Å². The van der Waals surface area contributed by atoms with Crippen molar-refractivity contribution in [1.29, 1.82) is 0 Å². The zero-order chi connectivity index (χ0) is 17.8. The predicted molar refractivity (Wildman–Crippen MR) is 97.9 cm³/mol. The molecule has 5 nitrogen and oxygen atoms in total. The Morgan fingerprint density at radius 2 is 1.96 bits per heavy atom. The Morgan fingerprint density at radius 3 is 2.72 bits per heavy atom. The van der Waals surface area contributed by atoms with E-state index < -0.39 is 6.03 Å². The highest BCUT2D eigenvalue weighted by molar-refractivity contribution is 5.93. The van der Waals surface area contributed by atoms with Gasteiger partial charge >= 0.3 is 6.03 Å². The minimum absolute atomic E-state index is 0.0967. The molecule has 3 fully saturated rings. The van der Waals surface area contributed by atoms with Gasteiger partial charge in [-0.1, -0.05) is 25.5 Å². The molecule has 4 N–H and O–H groups in total.